The van der Waals surface area contributed by atoms with E-state index >= 15 is 0 Å². The van der Waals surface area contributed by atoms with E-state index in [1.54, 1.807) is 49.4 Å². The van der Waals surface area contributed by atoms with Crippen molar-refractivity contribution < 1.29 is 27.5 Å². The third-order valence-corrected chi connectivity index (χ3v) is 6.38. The summed E-state index contributed by atoms with van der Waals surface area (Å²) in [6.45, 7) is 7.15. The van der Waals surface area contributed by atoms with E-state index in [9.17, 15) is 18.0 Å². The second-order valence-corrected chi connectivity index (χ2v) is 9.49. The summed E-state index contributed by atoms with van der Waals surface area (Å²) in [6, 6.07) is 11.5. The van der Waals surface area contributed by atoms with Gasteiger partial charge in [-0.3, -0.25) is 4.79 Å². The second kappa shape index (κ2) is 11.4. The molecular weight excluding hydrogens is 444 g/mol. The average molecular weight is 473 g/mol. The monoisotopic (exact) mass is 472 g/mol. The number of ether oxygens (including phenoxy) is 2. The maximum atomic E-state index is 12.5. The van der Waals surface area contributed by atoms with Crippen LogP contribution in [0.25, 0.3) is 6.08 Å². The lowest BCUT2D eigenvalue weighted by molar-refractivity contribution is -0.148. The molecule has 33 heavy (non-hydrogen) atoms. The zero-order chi connectivity index (χ0) is 24.6. The molecule has 1 amide bonds. The zero-order valence-corrected chi connectivity index (χ0v) is 19.9. The first-order chi connectivity index (χ1) is 15.5. The fraction of sp³-hybridized carbons (Fsp3) is 0.250. The summed E-state index contributed by atoms with van der Waals surface area (Å²) in [7, 11) is -0.809. The highest BCUT2D eigenvalue weighted by Crippen LogP contribution is 2.22. The summed E-state index contributed by atoms with van der Waals surface area (Å²) in [4.78, 5) is 24.7. The van der Waals surface area contributed by atoms with Gasteiger partial charge in [-0.15, -0.1) is 0 Å². The van der Waals surface area contributed by atoms with E-state index in [-0.39, 0.29) is 4.90 Å². The maximum absolute atomic E-state index is 12.5. The number of nitrogens with zero attached hydrogens (tertiary/aromatic N) is 1. The zero-order valence-electron chi connectivity index (χ0n) is 19.1. The van der Waals surface area contributed by atoms with Crippen LogP contribution in [-0.4, -0.2) is 51.4 Å². The van der Waals surface area contributed by atoms with Crippen LogP contribution in [0.3, 0.4) is 0 Å². The number of sulfonamides is 1. The van der Waals surface area contributed by atoms with E-state index in [1.807, 2.05) is 0 Å². The van der Waals surface area contributed by atoms with Crippen molar-refractivity contribution in [2.45, 2.75) is 24.8 Å². The molecule has 0 aliphatic rings. The van der Waals surface area contributed by atoms with Crippen LogP contribution in [-0.2, 0) is 24.3 Å². The van der Waals surface area contributed by atoms with Crippen molar-refractivity contribution in [3.05, 3.63) is 72.3 Å². The van der Waals surface area contributed by atoms with Crippen molar-refractivity contribution in [1.82, 2.24) is 4.31 Å². The first kappa shape index (κ1) is 25.8. The number of aryl methyl sites for hydroxylation is 1. The molecule has 0 saturated heterocycles. The Bertz CT molecular complexity index is 1140. The van der Waals surface area contributed by atoms with Gasteiger partial charge in [-0.25, -0.2) is 17.5 Å². The number of carbonyl (C=O) groups excluding carboxylic acids is 2. The first-order valence-corrected chi connectivity index (χ1v) is 11.5. The predicted molar refractivity (Wildman–Crippen MR) is 127 cm³/mol. The molecule has 0 aliphatic heterocycles. The van der Waals surface area contributed by atoms with Crippen LogP contribution < -0.4 is 10.1 Å². The van der Waals surface area contributed by atoms with Gasteiger partial charge in [-0.2, -0.15) is 0 Å². The van der Waals surface area contributed by atoms with Crippen molar-refractivity contribution >= 4 is 33.7 Å². The standard InChI is InChI=1S/C24H28N2O6S/c1-6-15-31-20-11-8-19(9-12-20)10-14-23(27)32-18(3)24(28)25-22-16-21(13-7-17(22)2)33(29,30)26(4)5/h6-14,16,18H,1,15H2,2-5H3,(H,25,28)/b14-10+. The van der Waals surface area contributed by atoms with E-state index in [0.717, 1.165) is 9.87 Å². The van der Waals surface area contributed by atoms with E-state index in [0.29, 0.717) is 23.6 Å². The molecule has 1 atom stereocenters. The van der Waals surface area contributed by atoms with Gasteiger partial charge in [-0.1, -0.05) is 30.9 Å². The Morgan fingerprint density at radius 1 is 1.15 bits per heavy atom. The van der Waals surface area contributed by atoms with Crippen LogP contribution in [0.2, 0.25) is 0 Å². The minimum Gasteiger partial charge on any atom is -0.490 e. The van der Waals surface area contributed by atoms with Gasteiger partial charge in [-0.05, 0) is 55.3 Å². The first-order valence-electron chi connectivity index (χ1n) is 10.1. The molecular formula is C24H28N2O6S. The highest BCUT2D eigenvalue weighted by Gasteiger charge is 2.21. The lowest BCUT2D eigenvalue weighted by Crippen LogP contribution is -2.30. The van der Waals surface area contributed by atoms with Gasteiger partial charge in [0.15, 0.2) is 6.10 Å². The van der Waals surface area contributed by atoms with Crippen molar-refractivity contribution in [2.75, 3.05) is 26.0 Å². The Hall–Kier alpha value is -3.43. The lowest BCUT2D eigenvalue weighted by Gasteiger charge is -2.16. The van der Waals surface area contributed by atoms with Gasteiger partial charge >= 0.3 is 5.97 Å². The number of nitrogens with one attached hydrogen (secondary N) is 1. The molecule has 2 aromatic rings. The molecule has 1 N–H and O–H groups in total. The topological polar surface area (TPSA) is 102 Å². The van der Waals surface area contributed by atoms with Crippen LogP contribution in [0.1, 0.15) is 18.1 Å². The van der Waals surface area contributed by atoms with Crippen molar-refractivity contribution in [2.24, 2.45) is 0 Å². The van der Waals surface area contributed by atoms with E-state index in [2.05, 4.69) is 11.9 Å². The summed E-state index contributed by atoms with van der Waals surface area (Å²) < 4.78 is 36.3. The number of anilines is 1. The summed E-state index contributed by atoms with van der Waals surface area (Å²) in [5.74, 6) is -0.592. The summed E-state index contributed by atoms with van der Waals surface area (Å²) in [5.41, 5.74) is 1.74. The molecule has 2 rings (SSSR count). The molecule has 9 heteroatoms. The fourth-order valence-corrected chi connectivity index (χ4v) is 3.53. The summed E-state index contributed by atoms with van der Waals surface area (Å²) >= 11 is 0. The van der Waals surface area contributed by atoms with Crippen LogP contribution in [0.4, 0.5) is 5.69 Å². The predicted octanol–water partition coefficient (Wildman–Crippen LogP) is 3.39. The molecule has 8 nitrogen and oxygen atoms in total. The van der Waals surface area contributed by atoms with Crippen LogP contribution in [0.15, 0.2) is 66.1 Å². The Morgan fingerprint density at radius 3 is 2.42 bits per heavy atom. The van der Waals surface area contributed by atoms with E-state index in [1.165, 1.54) is 39.2 Å². The van der Waals surface area contributed by atoms with Crippen LogP contribution in [0.5, 0.6) is 5.75 Å². The largest absolute Gasteiger partial charge is 0.490 e. The van der Waals surface area contributed by atoms with Crippen LogP contribution in [0, 0.1) is 6.92 Å². The minimum absolute atomic E-state index is 0.0434. The Balaban J connectivity index is 1.99. The van der Waals surface area contributed by atoms with Crippen LogP contribution >= 0.6 is 0 Å². The van der Waals surface area contributed by atoms with E-state index in [4.69, 9.17) is 9.47 Å². The normalized spacial score (nSPS) is 12.4. The van der Waals surface area contributed by atoms with Gasteiger partial charge in [0.05, 0.1) is 4.90 Å². The average Bonchev–Trinajstić information content (AvgIpc) is 2.78. The highest BCUT2D eigenvalue weighted by molar-refractivity contribution is 7.89. The van der Waals surface area contributed by atoms with Gasteiger partial charge in [0, 0.05) is 25.9 Å². The molecule has 1 unspecified atom stereocenters. The summed E-state index contributed by atoms with van der Waals surface area (Å²) in [6.07, 6.45) is 3.33. The second-order valence-electron chi connectivity index (χ2n) is 7.33. The van der Waals surface area contributed by atoms with Crippen molar-refractivity contribution in [3.63, 3.8) is 0 Å². The molecule has 0 heterocycles. The Kier molecular flexibility index (Phi) is 8.95. The van der Waals surface area contributed by atoms with Crippen molar-refractivity contribution in [3.8, 4) is 5.75 Å². The molecule has 0 radical (unpaired) electrons. The number of hydrogen-bond acceptors (Lipinski definition) is 6. The number of hydrogen-bond donors (Lipinski definition) is 1. The maximum Gasteiger partial charge on any atom is 0.331 e. The number of amides is 1. The molecule has 0 fully saturated rings. The highest BCUT2D eigenvalue weighted by atomic mass is 32.2. The SMILES string of the molecule is C=CCOc1ccc(/C=C/C(=O)OC(C)C(=O)Nc2cc(S(=O)(=O)N(C)C)ccc2C)cc1. The smallest absolute Gasteiger partial charge is 0.331 e. The van der Waals surface area contributed by atoms with Gasteiger partial charge in [0.25, 0.3) is 5.91 Å². The number of esters is 1. The Morgan fingerprint density at radius 2 is 1.82 bits per heavy atom. The molecule has 0 spiro atoms. The lowest BCUT2D eigenvalue weighted by atomic mass is 10.2. The third kappa shape index (κ3) is 7.30. The molecule has 0 aliphatic carbocycles. The number of carbonyl (C=O) groups is 2. The molecule has 0 bridgehead atoms. The quantitative estimate of drug-likeness (QED) is 0.323. The number of rotatable bonds is 10. The van der Waals surface area contributed by atoms with Gasteiger partial charge in [0.1, 0.15) is 12.4 Å². The molecule has 0 saturated carbocycles. The molecule has 2 aromatic carbocycles. The summed E-state index contributed by atoms with van der Waals surface area (Å²) in [5, 5.41) is 2.62. The van der Waals surface area contributed by atoms with Gasteiger partial charge < -0.3 is 14.8 Å². The number of benzene rings is 2. The minimum atomic E-state index is -3.66. The Labute approximate surface area is 194 Å². The van der Waals surface area contributed by atoms with Gasteiger partial charge in [0.2, 0.25) is 10.0 Å². The van der Waals surface area contributed by atoms with Crippen molar-refractivity contribution in [1.29, 1.82) is 0 Å². The van der Waals surface area contributed by atoms with E-state index < -0.39 is 28.0 Å². The molecule has 0 aromatic heterocycles. The molecule has 176 valence electrons. The fourth-order valence-electron chi connectivity index (χ4n) is 2.60. The third-order valence-electron chi connectivity index (χ3n) is 4.57.